The summed E-state index contributed by atoms with van der Waals surface area (Å²) in [5.74, 6) is -1.09. The van der Waals surface area contributed by atoms with Crippen LogP contribution in [0.3, 0.4) is 0 Å². The molecule has 1 saturated carbocycles. The third-order valence-corrected chi connectivity index (χ3v) is 13.3. The number of carbonyl (C=O) groups is 2. The molecule has 0 aromatic carbocycles. The van der Waals surface area contributed by atoms with E-state index in [1.807, 2.05) is 0 Å². The van der Waals surface area contributed by atoms with Crippen molar-refractivity contribution in [3.63, 3.8) is 0 Å². The van der Waals surface area contributed by atoms with Crippen molar-refractivity contribution in [3.8, 4) is 0 Å². The van der Waals surface area contributed by atoms with E-state index in [4.69, 9.17) is 18.5 Å². The van der Waals surface area contributed by atoms with E-state index in [0.29, 0.717) is 12.8 Å². The molecule has 0 bridgehead atoms. The number of carbonyl (C=O) groups excluding carboxylic acids is 2. The van der Waals surface area contributed by atoms with Gasteiger partial charge in [-0.3, -0.25) is 18.6 Å². The van der Waals surface area contributed by atoms with Gasteiger partial charge in [0.2, 0.25) is 0 Å². The van der Waals surface area contributed by atoms with Crippen LogP contribution < -0.4 is 0 Å². The molecule has 0 aromatic heterocycles. The van der Waals surface area contributed by atoms with E-state index >= 15 is 0 Å². The number of unbranched alkanes of at least 4 members (excludes halogenated alkanes) is 28. The largest absolute Gasteiger partial charge is 0.472 e. The van der Waals surface area contributed by atoms with Crippen molar-refractivity contribution in [1.29, 1.82) is 0 Å². The van der Waals surface area contributed by atoms with Gasteiger partial charge in [0, 0.05) is 12.8 Å². The summed E-state index contributed by atoms with van der Waals surface area (Å²) < 4.78 is 33.6. The van der Waals surface area contributed by atoms with Gasteiger partial charge in [-0.1, -0.05) is 186 Å². The molecule has 1 aliphatic rings. The Bertz CT molecular complexity index is 1230. The Hall–Kier alpha value is -1.67. The summed E-state index contributed by atoms with van der Waals surface area (Å²) in [6.07, 6.45) is 33.7. The minimum absolute atomic E-state index is 0.0982. The summed E-state index contributed by atoms with van der Waals surface area (Å²) in [6.45, 7) is 3.30. The Labute approximate surface area is 394 Å². The molecule has 1 aliphatic carbocycles. The second-order valence-electron chi connectivity index (χ2n) is 18.4. The highest BCUT2D eigenvalue weighted by molar-refractivity contribution is 7.47. The van der Waals surface area contributed by atoms with Crippen LogP contribution in [0.25, 0.3) is 0 Å². The van der Waals surface area contributed by atoms with Crippen molar-refractivity contribution in [2.45, 2.75) is 275 Å². The fourth-order valence-electron chi connectivity index (χ4n) is 8.03. The molecule has 1 rings (SSSR count). The molecule has 0 saturated heterocycles. The number of rotatable bonds is 44. The van der Waals surface area contributed by atoms with Crippen LogP contribution in [0.1, 0.15) is 232 Å². The number of aliphatic hydroxyl groups is 5. The number of aliphatic hydroxyl groups excluding tert-OH is 5. The predicted octanol–water partition coefficient (Wildman–Crippen LogP) is 11.2. The van der Waals surface area contributed by atoms with Crippen LogP contribution in [-0.2, 0) is 32.7 Å². The first-order chi connectivity index (χ1) is 31.4. The number of esters is 2. The van der Waals surface area contributed by atoms with Crippen LogP contribution >= 0.6 is 7.82 Å². The maximum absolute atomic E-state index is 12.8. The molecule has 0 radical (unpaired) electrons. The maximum atomic E-state index is 12.8. The molecule has 0 amide bonds. The number of hydrogen-bond acceptors (Lipinski definition) is 12. The molecule has 6 N–H and O–H groups in total. The van der Waals surface area contributed by atoms with Crippen molar-refractivity contribution in [2.75, 3.05) is 13.2 Å². The smallest absolute Gasteiger partial charge is 0.462 e. The maximum Gasteiger partial charge on any atom is 0.472 e. The van der Waals surface area contributed by atoms with Crippen LogP contribution in [0.2, 0.25) is 0 Å². The van der Waals surface area contributed by atoms with Gasteiger partial charge < -0.3 is 39.9 Å². The molecule has 14 heteroatoms. The van der Waals surface area contributed by atoms with Gasteiger partial charge in [0.25, 0.3) is 0 Å². The molecule has 0 spiro atoms. The van der Waals surface area contributed by atoms with E-state index in [1.54, 1.807) is 0 Å². The van der Waals surface area contributed by atoms with E-state index in [-0.39, 0.29) is 12.8 Å². The van der Waals surface area contributed by atoms with Gasteiger partial charge in [-0.05, 0) is 57.8 Å². The van der Waals surface area contributed by atoms with Gasteiger partial charge >= 0.3 is 19.8 Å². The number of phosphoric acid groups is 1. The summed E-state index contributed by atoms with van der Waals surface area (Å²) in [7, 11) is -5.12. The number of ether oxygens (including phenoxy) is 2. The van der Waals surface area contributed by atoms with E-state index in [2.05, 4.69) is 38.2 Å². The Morgan fingerprint density at radius 3 is 1.22 bits per heavy atom. The summed E-state index contributed by atoms with van der Waals surface area (Å²) in [6, 6.07) is 0. The predicted molar refractivity (Wildman–Crippen MR) is 258 cm³/mol. The molecule has 13 nitrogen and oxygen atoms in total. The average molecular weight is 947 g/mol. The van der Waals surface area contributed by atoms with Crippen LogP contribution in [-0.4, -0.2) is 98.3 Å². The minimum Gasteiger partial charge on any atom is -0.462 e. The molecule has 0 heterocycles. The highest BCUT2D eigenvalue weighted by atomic mass is 31.2. The lowest BCUT2D eigenvalue weighted by Gasteiger charge is -2.41. The van der Waals surface area contributed by atoms with Crippen LogP contribution in [0.4, 0.5) is 0 Å². The Kier molecular flexibility index (Phi) is 39.0. The second-order valence-corrected chi connectivity index (χ2v) is 19.8. The first-order valence-electron chi connectivity index (χ1n) is 26.1. The summed E-state index contributed by atoms with van der Waals surface area (Å²) >= 11 is 0. The van der Waals surface area contributed by atoms with Crippen LogP contribution in [0, 0.1) is 0 Å². The molecular weight excluding hydrogens is 852 g/mol. The molecule has 0 aliphatic heterocycles. The van der Waals surface area contributed by atoms with Crippen molar-refractivity contribution < 1.29 is 63.1 Å². The monoisotopic (exact) mass is 947 g/mol. The highest BCUT2D eigenvalue weighted by Gasteiger charge is 2.51. The highest BCUT2D eigenvalue weighted by Crippen LogP contribution is 2.47. The first kappa shape index (κ1) is 61.3. The van der Waals surface area contributed by atoms with E-state index in [1.165, 1.54) is 141 Å². The number of hydrogen-bond donors (Lipinski definition) is 6. The van der Waals surface area contributed by atoms with E-state index in [9.17, 15) is 44.6 Å². The normalized spacial score (nSPS) is 21.5. The van der Waals surface area contributed by atoms with Gasteiger partial charge in [0.05, 0.1) is 6.61 Å². The van der Waals surface area contributed by atoms with Gasteiger partial charge in [-0.25, -0.2) is 4.57 Å². The lowest BCUT2D eigenvalue weighted by Crippen LogP contribution is -2.64. The fourth-order valence-corrected chi connectivity index (χ4v) is 9.00. The van der Waals surface area contributed by atoms with Crippen LogP contribution in [0.15, 0.2) is 24.3 Å². The van der Waals surface area contributed by atoms with Crippen molar-refractivity contribution >= 4 is 19.8 Å². The van der Waals surface area contributed by atoms with Gasteiger partial charge in [0.1, 0.15) is 43.2 Å². The number of allylic oxidation sites excluding steroid dienone is 4. The molecule has 382 valence electrons. The zero-order valence-electron chi connectivity index (χ0n) is 40.8. The Balaban J connectivity index is 2.37. The molecular formula is C51H95O13P. The van der Waals surface area contributed by atoms with E-state index in [0.717, 1.165) is 51.4 Å². The van der Waals surface area contributed by atoms with Crippen molar-refractivity contribution in [2.24, 2.45) is 0 Å². The molecule has 1 fully saturated rings. The third kappa shape index (κ3) is 33.5. The molecule has 8 atom stereocenters. The second kappa shape index (κ2) is 41.3. The Morgan fingerprint density at radius 1 is 0.462 bits per heavy atom. The zero-order valence-corrected chi connectivity index (χ0v) is 41.7. The van der Waals surface area contributed by atoms with Crippen molar-refractivity contribution in [1.82, 2.24) is 0 Å². The topological polar surface area (TPSA) is 210 Å². The molecule has 65 heavy (non-hydrogen) atoms. The van der Waals surface area contributed by atoms with Gasteiger partial charge in [0.15, 0.2) is 6.10 Å². The Morgan fingerprint density at radius 2 is 0.800 bits per heavy atom. The van der Waals surface area contributed by atoms with Gasteiger partial charge in [-0.2, -0.15) is 0 Å². The summed E-state index contributed by atoms with van der Waals surface area (Å²) in [5.41, 5.74) is 0. The standard InChI is InChI=1S/C51H95O13P/c1-3-5-7-9-11-13-15-17-19-20-21-22-23-24-26-28-30-32-34-36-38-40-45(53)63-43(42-62-65(59,60)64-51-49(57)47(55)46(54)48(56)50(51)58)41-61-44(52)39-37-35-33-31-29-27-25-18-16-14-12-10-8-6-4-2/h10,12,17,19,43,46-51,54-58H,3-9,11,13-16,18,20-42H2,1-2H3,(H,59,60)/b12-10+,19-17+/t43-,46?,47-,48?,49?,50?,51?/m1/s1. The first-order valence-corrected chi connectivity index (χ1v) is 27.6. The molecule has 6 unspecified atom stereocenters. The SMILES string of the molecule is CCCC/C=C/CCCCCCCCCCCC(=O)OC[C@H](COP(=O)(O)OC1C(O)C(O)C(O)[C@@H](O)C1O)OC(=O)CCCCCCCCCCCCC/C=C/CCCCCCCC. The zero-order chi connectivity index (χ0) is 47.8. The van der Waals surface area contributed by atoms with Gasteiger partial charge in [-0.15, -0.1) is 0 Å². The lowest BCUT2D eigenvalue weighted by molar-refractivity contribution is -0.220. The fraction of sp³-hybridized carbons (Fsp3) is 0.882. The van der Waals surface area contributed by atoms with E-state index < -0.39 is 75.7 Å². The quantitative estimate of drug-likeness (QED) is 0.0146. The number of phosphoric ester groups is 1. The van der Waals surface area contributed by atoms with Crippen LogP contribution in [0.5, 0.6) is 0 Å². The minimum atomic E-state index is -5.12. The summed E-state index contributed by atoms with van der Waals surface area (Å²) in [4.78, 5) is 35.8. The average Bonchev–Trinajstić information content (AvgIpc) is 3.29. The third-order valence-electron chi connectivity index (χ3n) is 12.3. The molecule has 0 aromatic rings. The summed E-state index contributed by atoms with van der Waals surface area (Å²) in [5, 5.41) is 50.3. The lowest BCUT2D eigenvalue weighted by atomic mass is 9.85. The van der Waals surface area contributed by atoms with Crippen molar-refractivity contribution in [3.05, 3.63) is 24.3 Å².